The Morgan fingerprint density at radius 2 is 1.88 bits per heavy atom. The van der Waals surface area contributed by atoms with Crippen LogP contribution in [0.2, 0.25) is 0 Å². The van der Waals surface area contributed by atoms with E-state index in [1.54, 1.807) is 0 Å². The molecule has 0 aromatic heterocycles. The summed E-state index contributed by atoms with van der Waals surface area (Å²) < 4.78 is 0. The number of anilines is 1. The molecule has 0 unspecified atom stereocenters. The number of rotatable bonds is 5. The summed E-state index contributed by atoms with van der Waals surface area (Å²) in [5, 5.41) is 14.7. The number of para-hydroxylation sites is 1. The lowest BCUT2D eigenvalue weighted by Crippen LogP contribution is -2.23. The Labute approximate surface area is 96.2 Å². The van der Waals surface area contributed by atoms with E-state index in [9.17, 15) is 0 Å². The van der Waals surface area contributed by atoms with Gasteiger partial charge in [0, 0.05) is 5.69 Å². The van der Waals surface area contributed by atoms with Gasteiger partial charge in [0.2, 0.25) is 0 Å². The molecule has 0 aliphatic rings. The third-order valence-corrected chi connectivity index (χ3v) is 2.57. The Hall–Kier alpha value is -1.71. The van der Waals surface area contributed by atoms with Crippen molar-refractivity contribution in [3.63, 3.8) is 0 Å². The van der Waals surface area contributed by atoms with Crippen LogP contribution < -0.4 is 11.1 Å². The molecule has 1 aromatic carbocycles. The summed E-state index contributed by atoms with van der Waals surface area (Å²) in [6.45, 7) is 4.59. The second-order valence-electron chi connectivity index (χ2n) is 3.60. The highest BCUT2D eigenvalue weighted by Crippen LogP contribution is 2.22. The summed E-state index contributed by atoms with van der Waals surface area (Å²) in [4.78, 5) is 0. The lowest BCUT2D eigenvalue weighted by molar-refractivity contribution is 0.317. The molecule has 0 radical (unpaired) electrons. The molecule has 0 saturated carbocycles. The van der Waals surface area contributed by atoms with E-state index in [1.165, 1.54) is 11.1 Å². The van der Waals surface area contributed by atoms with Crippen LogP contribution in [0.1, 0.15) is 25.0 Å². The molecule has 0 atom stereocenters. The van der Waals surface area contributed by atoms with E-state index in [-0.39, 0.29) is 5.84 Å². The third-order valence-electron chi connectivity index (χ3n) is 2.57. The zero-order valence-corrected chi connectivity index (χ0v) is 9.83. The van der Waals surface area contributed by atoms with Gasteiger partial charge in [-0.05, 0) is 24.0 Å². The van der Waals surface area contributed by atoms with E-state index in [0.717, 1.165) is 18.5 Å². The van der Waals surface area contributed by atoms with Crippen molar-refractivity contribution >= 4 is 11.5 Å². The number of aryl methyl sites for hydroxylation is 2. The highest BCUT2D eigenvalue weighted by atomic mass is 16.4. The molecule has 0 spiro atoms. The van der Waals surface area contributed by atoms with Gasteiger partial charge in [-0.2, -0.15) is 0 Å². The standard InChI is InChI=1S/C12H19N3O/c1-3-9-6-5-7-10(4-2)12(9)14-8-11(13)15-16/h5-7,14,16H,3-4,8H2,1-2H3,(H2,13,15). The fraction of sp³-hybridized carbons (Fsp3) is 0.417. The van der Waals surface area contributed by atoms with Crippen molar-refractivity contribution < 1.29 is 5.21 Å². The largest absolute Gasteiger partial charge is 0.409 e. The summed E-state index contributed by atoms with van der Waals surface area (Å²) in [6, 6.07) is 6.24. The predicted octanol–water partition coefficient (Wildman–Crippen LogP) is 1.97. The first-order valence-electron chi connectivity index (χ1n) is 5.53. The van der Waals surface area contributed by atoms with E-state index >= 15 is 0 Å². The zero-order chi connectivity index (χ0) is 12.0. The van der Waals surface area contributed by atoms with Crippen LogP contribution in [0.4, 0.5) is 5.69 Å². The molecular formula is C12H19N3O. The summed E-state index contributed by atoms with van der Waals surface area (Å²) in [6.07, 6.45) is 1.93. The molecule has 0 aliphatic heterocycles. The van der Waals surface area contributed by atoms with Gasteiger partial charge in [-0.1, -0.05) is 37.2 Å². The van der Waals surface area contributed by atoms with Crippen molar-refractivity contribution in [3.05, 3.63) is 29.3 Å². The monoisotopic (exact) mass is 221 g/mol. The molecule has 4 N–H and O–H groups in total. The van der Waals surface area contributed by atoms with Gasteiger partial charge in [0.05, 0.1) is 6.54 Å². The molecule has 0 saturated heterocycles. The van der Waals surface area contributed by atoms with Crippen LogP contribution in [0.25, 0.3) is 0 Å². The molecule has 0 amide bonds. The molecule has 16 heavy (non-hydrogen) atoms. The van der Waals surface area contributed by atoms with Gasteiger partial charge < -0.3 is 16.3 Å². The maximum atomic E-state index is 8.49. The zero-order valence-electron chi connectivity index (χ0n) is 9.83. The van der Waals surface area contributed by atoms with E-state index in [4.69, 9.17) is 10.9 Å². The summed E-state index contributed by atoms with van der Waals surface area (Å²) in [5.74, 6) is 0.188. The van der Waals surface area contributed by atoms with Gasteiger partial charge in [-0.3, -0.25) is 0 Å². The Balaban J connectivity index is 2.91. The first kappa shape index (κ1) is 12.4. The van der Waals surface area contributed by atoms with Gasteiger partial charge in [-0.25, -0.2) is 0 Å². The molecule has 4 nitrogen and oxygen atoms in total. The predicted molar refractivity (Wildman–Crippen MR) is 67.1 cm³/mol. The number of benzene rings is 1. The molecule has 88 valence electrons. The minimum absolute atomic E-state index is 0.188. The number of hydrogen-bond donors (Lipinski definition) is 3. The number of amidine groups is 1. The molecule has 1 aromatic rings. The number of nitrogens with zero attached hydrogens (tertiary/aromatic N) is 1. The summed E-state index contributed by atoms with van der Waals surface area (Å²) >= 11 is 0. The summed E-state index contributed by atoms with van der Waals surface area (Å²) in [7, 11) is 0. The number of nitrogens with two attached hydrogens (primary N) is 1. The van der Waals surface area contributed by atoms with Crippen molar-refractivity contribution in [2.24, 2.45) is 10.9 Å². The maximum absolute atomic E-state index is 8.49. The first-order valence-corrected chi connectivity index (χ1v) is 5.53. The van der Waals surface area contributed by atoms with Crippen LogP contribution in [0.15, 0.2) is 23.4 Å². The number of hydrogen-bond acceptors (Lipinski definition) is 3. The average molecular weight is 221 g/mol. The Bertz CT molecular complexity index is 352. The van der Waals surface area contributed by atoms with Crippen molar-refractivity contribution in [1.82, 2.24) is 0 Å². The average Bonchev–Trinajstić information content (AvgIpc) is 2.35. The van der Waals surface area contributed by atoms with Crippen molar-refractivity contribution in [2.75, 3.05) is 11.9 Å². The van der Waals surface area contributed by atoms with Gasteiger partial charge >= 0.3 is 0 Å². The first-order chi connectivity index (χ1) is 7.72. The summed E-state index contributed by atoms with van der Waals surface area (Å²) in [5.41, 5.74) is 9.06. The number of nitrogens with one attached hydrogen (secondary N) is 1. The molecule has 1 rings (SSSR count). The van der Waals surface area contributed by atoms with E-state index in [1.807, 2.05) is 0 Å². The SMILES string of the molecule is CCc1cccc(CC)c1NCC(N)=NO. The second kappa shape index (κ2) is 6.00. The highest BCUT2D eigenvalue weighted by molar-refractivity contribution is 5.84. The molecule has 0 fully saturated rings. The van der Waals surface area contributed by atoms with Gasteiger partial charge in [-0.15, -0.1) is 0 Å². The minimum atomic E-state index is 0.188. The topological polar surface area (TPSA) is 70.6 Å². The van der Waals surface area contributed by atoms with Crippen LogP contribution in [0.5, 0.6) is 0 Å². The molecule has 0 heterocycles. The van der Waals surface area contributed by atoms with Gasteiger partial charge in [0.15, 0.2) is 5.84 Å². The van der Waals surface area contributed by atoms with Crippen molar-refractivity contribution in [2.45, 2.75) is 26.7 Å². The minimum Gasteiger partial charge on any atom is -0.409 e. The third kappa shape index (κ3) is 2.89. The Morgan fingerprint density at radius 1 is 1.31 bits per heavy atom. The van der Waals surface area contributed by atoms with Crippen LogP contribution in [0.3, 0.4) is 0 Å². The van der Waals surface area contributed by atoms with Gasteiger partial charge in [0.25, 0.3) is 0 Å². The fourth-order valence-electron chi connectivity index (χ4n) is 1.68. The lowest BCUT2D eigenvalue weighted by atomic mass is 10.0. The van der Waals surface area contributed by atoms with Crippen LogP contribution in [0, 0.1) is 0 Å². The van der Waals surface area contributed by atoms with Crippen molar-refractivity contribution in [3.8, 4) is 0 Å². The van der Waals surface area contributed by atoms with E-state index in [2.05, 4.69) is 42.5 Å². The normalized spacial score (nSPS) is 11.5. The molecule has 0 aliphatic carbocycles. The fourth-order valence-corrected chi connectivity index (χ4v) is 1.68. The van der Waals surface area contributed by atoms with Crippen LogP contribution in [-0.4, -0.2) is 17.6 Å². The Kier molecular flexibility index (Phi) is 4.64. The van der Waals surface area contributed by atoms with Crippen LogP contribution in [-0.2, 0) is 12.8 Å². The van der Waals surface area contributed by atoms with E-state index < -0.39 is 0 Å². The van der Waals surface area contributed by atoms with Gasteiger partial charge in [0.1, 0.15) is 0 Å². The second-order valence-corrected chi connectivity index (χ2v) is 3.60. The molecule has 4 heteroatoms. The quantitative estimate of drug-likeness (QED) is 0.308. The molecule has 0 bridgehead atoms. The van der Waals surface area contributed by atoms with Crippen LogP contribution >= 0.6 is 0 Å². The van der Waals surface area contributed by atoms with Crippen molar-refractivity contribution in [1.29, 1.82) is 0 Å². The maximum Gasteiger partial charge on any atom is 0.158 e. The lowest BCUT2D eigenvalue weighted by Gasteiger charge is -2.14. The highest BCUT2D eigenvalue weighted by Gasteiger charge is 2.05. The molecular weight excluding hydrogens is 202 g/mol. The van der Waals surface area contributed by atoms with E-state index in [0.29, 0.717) is 6.54 Å². The Morgan fingerprint density at radius 3 is 2.31 bits per heavy atom. The smallest absolute Gasteiger partial charge is 0.158 e. The number of oxime groups is 1.